The summed E-state index contributed by atoms with van der Waals surface area (Å²) in [7, 11) is -3.77. The number of aliphatic hydroxyl groups is 1. The Balaban J connectivity index is 0.000000181. The third-order valence-corrected chi connectivity index (χ3v) is 7.23. The summed E-state index contributed by atoms with van der Waals surface area (Å²) in [5.74, 6) is 0. The second-order valence-electron chi connectivity index (χ2n) is 8.17. The van der Waals surface area contributed by atoms with Gasteiger partial charge in [-0.1, -0.05) is 17.7 Å². The molecule has 0 saturated carbocycles. The SMILES string of the molecule is Cc1ccc(S(=O)(=O)O[C@@H]2CO[C@@H]3CCCO[C@@H]32)cc1.O[C@@H]1CO[C@@H]2CCCO[C@H]12. The van der Waals surface area contributed by atoms with Crippen molar-refractivity contribution in [2.45, 2.75) is 74.1 Å². The van der Waals surface area contributed by atoms with Gasteiger partial charge in [0.1, 0.15) is 24.4 Å². The molecule has 0 spiro atoms. The average molecular weight is 443 g/mol. The van der Waals surface area contributed by atoms with E-state index in [-0.39, 0.29) is 42.0 Å². The van der Waals surface area contributed by atoms with E-state index in [1.54, 1.807) is 24.3 Å². The number of aliphatic hydroxyl groups excluding tert-OH is 1. The number of aryl methyl sites for hydroxylation is 1. The second-order valence-corrected chi connectivity index (χ2v) is 9.74. The zero-order valence-electron chi connectivity index (χ0n) is 17.1. The molecule has 4 heterocycles. The normalized spacial score (nSPS) is 35.8. The highest BCUT2D eigenvalue weighted by Gasteiger charge is 2.43. The number of ether oxygens (including phenoxy) is 4. The van der Waals surface area contributed by atoms with Crippen molar-refractivity contribution < 1.29 is 36.7 Å². The molecule has 0 bridgehead atoms. The first-order valence-corrected chi connectivity index (χ1v) is 12.0. The summed E-state index contributed by atoms with van der Waals surface area (Å²) >= 11 is 0. The molecule has 0 radical (unpaired) electrons. The molecule has 4 saturated heterocycles. The minimum Gasteiger partial charge on any atom is -0.388 e. The van der Waals surface area contributed by atoms with Crippen LogP contribution in [0.1, 0.15) is 31.2 Å². The van der Waals surface area contributed by atoms with Crippen molar-refractivity contribution >= 4 is 10.1 Å². The lowest BCUT2D eigenvalue weighted by atomic mass is 10.0. The number of hydrogen-bond acceptors (Lipinski definition) is 8. The quantitative estimate of drug-likeness (QED) is 0.704. The topological polar surface area (TPSA) is 101 Å². The lowest BCUT2D eigenvalue weighted by Gasteiger charge is -2.27. The Morgan fingerprint density at radius 3 is 2.17 bits per heavy atom. The number of rotatable bonds is 3. The first-order chi connectivity index (χ1) is 14.4. The molecule has 5 rings (SSSR count). The van der Waals surface area contributed by atoms with Crippen LogP contribution in [0.15, 0.2) is 29.2 Å². The van der Waals surface area contributed by atoms with E-state index in [9.17, 15) is 13.5 Å². The van der Waals surface area contributed by atoms with Gasteiger partial charge in [0.15, 0.2) is 0 Å². The van der Waals surface area contributed by atoms with Gasteiger partial charge in [0.05, 0.1) is 30.3 Å². The van der Waals surface area contributed by atoms with Crippen LogP contribution in [-0.4, -0.2) is 76.6 Å². The summed E-state index contributed by atoms with van der Waals surface area (Å²) in [6.45, 7) is 4.04. The Kier molecular flexibility index (Phi) is 7.08. The molecule has 168 valence electrons. The van der Waals surface area contributed by atoms with Crippen molar-refractivity contribution in [1.82, 2.24) is 0 Å². The third kappa shape index (κ3) is 5.04. The Morgan fingerprint density at radius 1 is 0.900 bits per heavy atom. The van der Waals surface area contributed by atoms with Gasteiger partial charge in [-0.05, 0) is 44.7 Å². The zero-order chi connectivity index (χ0) is 21.1. The summed E-state index contributed by atoms with van der Waals surface area (Å²) in [5.41, 5.74) is 1.00. The van der Waals surface area contributed by atoms with Gasteiger partial charge in [0, 0.05) is 13.2 Å². The maximum atomic E-state index is 12.2. The van der Waals surface area contributed by atoms with Gasteiger partial charge in [0.25, 0.3) is 10.1 Å². The van der Waals surface area contributed by atoms with E-state index in [0.717, 1.165) is 37.9 Å². The summed E-state index contributed by atoms with van der Waals surface area (Å²) < 4.78 is 51.6. The Hall–Kier alpha value is -1.07. The van der Waals surface area contributed by atoms with Gasteiger partial charge in [0.2, 0.25) is 0 Å². The molecule has 1 N–H and O–H groups in total. The van der Waals surface area contributed by atoms with Crippen LogP contribution in [0.5, 0.6) is 0 Å². The van der Waals surface area contributed by atoms with E-state index in [0.29, 0.717) is 13.2 Å². The lowest BCUT2D eigenvalue weighted by molar-refractivity contribution is -0.0688. The molecule has 4 aliphatic rings. The van der Waals surface area contributed by atoms with Crippen molar-refractivity contribution in [3.63, 3.8) is 0 Å². The fourth-order valence-corrected chi connectivity index (χ4v) is 5.32. The summed E-state index contributed by atoms with van der Waals surface area (Å²) in [6, 6.07) is 6.61. The maximum absolute atomic E-state index is 12.2. The molecule has 8 nitrogen and oxygen atoms in total. The molecule has 9 heteroatoms. The molecular weight excluding hydrogens is 412 g/mol. The maximum Gasteiger partial charge on any atom is 0.297 e. The molecule has 0 aliphatic carbocycles. The molecular formula is C21H30O8S. The first kappa shape index (κ1) is 22.1. The predicted octanol–water partition coefficient (Wildman–Crippen LogP) is 1.57. The lowest BCUT2D eigenvalue weighted by Crippen LogP contribution is -2.39. The van der Waals surface area contributed by atoms with E-state index in [2.05, 4.69) is 0 Å². The Bertz CT molecular complexity index is 794. The van der Waals surface area contributed by atoms with Crippen molar-refractivity contribution in [3.05, 3.63) is 29.8 Å². The van der Waals surface area contributed by atoms with E-state index >= 15 is 0 Å². The molecule has 0 amide bonds. The minimum atomic E-state index is -3.77. The fraction of sp³-hybridized carbons (Fsp3) is 0.714. The zero-order valence-corrected chi connectivity index (χ0v) is 18.0. The Labute approximate surface area is 177 Å². The van der Waals surface area contributed by atoms with E-state index in [1.165, 1.54) is 0 Å². The summed E-state index contributed by atoms with van der Waals surface area (Å²) in [5, 5.41) is 9.27. The highest BCUT2D eigenvalue weighted by Crippen LogP contribution is 2.30. The van der Waals surface area contributed by atoms with E-state index < -0.39 is 16.2 Å². The minimum absolute atomic E-state index is 0.0336. The van der Waals surface area contributed by atoms with Crippen LogP contribution < -0.4 is 0 Å². The second kappa shape index (κ2) is 9.60. The summed E-state index contributed by atoms with van der Waals surface area (Å²) in [6.07, 6.45) is 2.84. The fourth-order valence-electron chi connectivity index (χ4n) is 4.25. The molecule has 30 heavy (non-hydrogen) atoms. The average Bonchev–Trinajstić information content (AvgIpc) is 3.33. The number of benzene rings is 1. The van der Waals surface area contributed by atoms with Crippen molar-refractivity contribution in [2.24, 2.45) is 0 Å². The standard InChI is InChI=1S/C14H18O5S.C7H12O3/c1-10-4-6-11(7-5-10)20(15,16)19-13-9-18-12-3-2-8-17-14(12)13;8-5-4-10-6-2-1-3-9-7(5)6/h4-7,12-14H,2-3,8-9H2,1H3;5-8H,1-4H2/t12-,13-,14+;5-,6-,7-/m11/s1. The highest BCUT2D eigenvalue weighted by molar-refractivity contribution is 7.86. The van der Waals surface area contributed by atoms with Crippen LogP contribution in [0.2, 0.25) is 0 Å². The van der Waals surface area contributed by atoms with Gasteiger partial charge >= 0.3 is 0 Å². The van der Waals surface area contributed by atoms with Crippen LogP contribution >= 0.6 is 0 Å². The number of fused-ring (bicyclic) bond motifs is 2. The van der Waals surface area contributed by atoms with Gasteiger partial charge in [-0.2, -0.15) is 8.42 Å². The monoisotopic (exact) mass is 442 g/mol. The van der Waals surface area contributed by atoms with Crippen LogP contribution in [0, 0.1) is 6.92 Å². The van der Waals surface area contributed by atoms with Gasteiger partial charge < -0.3 is 24.1 Å². The van der Waals surface area contributed by atoms with Gasteiger partial charge in [-0.3, -0.25) is 4.18 Å². The van der Waals surface area contributed by atoms with Crippen LogP contribution in [0.3, 0.4) is 0 Å². The van der Waals surface area contributed by atoms with Crippen LogP contribution in [0.4, 0.5) is 0 Å². The molecule has 1 aromatic rings. The van der Waals surface area contributed by atoms with E-state index in [1.807, 2.05) is 6.92 Å². The first-order valence-electron chi connectivity index (χ1n) is 10.6. The smallest absolute Gasteiger partial charge is 0.297 e. The Morgan fingerprint density at radius 2 is 1.50 bits per heavy atom. The molecule has 0 aromatic heterocycles. The highest BCUT2D eigenvalue weighted by atomic mass is 32.2. The van der Waals surface area contributed by atoms with Crippen LogP contribution in [0.25, 0.3) is 0 Å². The van der Waals surface area contributed by atoms with Crippen molar-refractivity contribution in [3.8, 4) is 0 Å². The predicted molar refractivity (Wildman–Crippen MR) is 107 cm³/mol. The largest absolute Gasteiger partial charge is 0.388 e. The van der Waals surface area contributed by atoms with Crippen LogP contribution in [-0.2, 0) is 33.2 Å². The number of hydrogen-bond donors (Lipinski definition) is 1. The summed E-state index contributed by atoms with van der Waals surface area (Å²) in [4.78, 5) is 0.169. The van der Waals surface area contributed by atoms with Crippen molar-refractivity contribution in [1.29, 1.82) is 0 Å². The van der Waals surface area contributed by atoms with Gasteiger partial charge in [-0.15, -0.1) is 0 Å². The van der Waals surface area contributed by atoms with Crippen molar-refractivity contribution in [2.75, 3.05) is 26.4 Å². The molecule has 4 aliphatic heterocycles. The molecule has 0 unspecified atom stereocenters. The third-order valence-electron chi connectivity index (χ3n) is 5.88. The van der Waals surface area contributed by atoms with E-state index in [4.69, 9.17) is 23.1 Å². The molecule has 6 atom stereocenters. The molecule has 4 fully saturated rings. The molecule has 1 aromatic carbocycles. The van der Waals surface area contributed by atoms with Gasteiger partial charge in [-0.25, -0.2) is 0 Å².